The van der Waals surface area contributed by atoms with Crippen molar-refractivity contribution in [1.29, 1.82) is 0 Å². The average molecular weight is 265 g/mol. The van der Waals surface area contributed by atoms with Gasteiger partial charge in [-0.3, -0.25) is 14.3 Å². The predicted octanol–water partition coefficient (Wildman–Crippen LogP) is -0.128. The molecule has 0 spiro atoms. The molecule has 1 aromatic heterocycles. The maximum absolute atomic E-state index is 12.5. The van der Waals surface area contributed by atoms with E-state index in [-0.39, 0.29) is 24.2 Å². The van der Waals surface area contributed by atoms with E-state index < -0.39 is 5.91 Å². The number of hydrogen-bond donors (Lipinski definition) is 2. The minimum Gasteiger partial charge on any atom is -0.396 e. The summed E-state index contributed by atoms with van der Waals surface area (Å²) in [5, 5.41) is 4.06. The van der Waals surface area contributed by atoms with Crippen LogP contribution in [0.5, 0.6) is 0 Å². The zero-order valence-electron chi connectivity index (χ0n) is 11.0. The highest BCUT2D eigenvalue weighted by Gasteiger charge is 2.30. The Morgan fingerprint density at radius 1 is 1.47 bits per heavy atom. The lowest BCUT2D eigenvalue weighted by molar-refractivity contribution is -0.119. The van der Waals surface area contributed by atoms with Gasteiger partial charge in [0, 0.05) is 19.3 Å². The molecule has 1 aliphatic carbocycles. The first-order chi connectivity index (χ1) is 8.99. The summed E-state index contributed by atoms with van der Waals surface area (Å²) in [6, 6.07) is 0.0569. The van der Waals surface area contributed by atoms with Crippen LogP contribution in [0.15, 0.2) is 6.20 Å². The Kier molecular flexibility index (Phi) is 3.73. The van der Waals surface area contributed by atoms with E-state index in [1.54, 1.807) is 13.2 Å². The Labute approximate surface area is 111 Å². The molecule has 1 aromatic rings. The Morgan fingerprint density at radius 3 is 2.58 bits per heavy atom. The van der Waals surface area contributed by atoms with Crippen LogP contribution in [0, 0.1) is 0 Å². The lowest BCUT2D eigenvalue weighted by Crippen LogP contribution is -2.44. The highest BCUT2D eigenvalue weighted by molar-refractivity contribution is 5.99. The third kappa shape index (κ3) is 2.86. The van der Waals surface area contributed by atoms with E-state index in [4.69, 9.17) is 11.5 Å². The van der Waals surface area contributed by atoms with Crippen LogP contribution in [0.25, 0.3) is 0 Å². The summed E-state index contributed by atoms with van der Waals surface area (Å²) >= 11 is 0. The minimum atomic E-state index is -0.519. The third-order valence-electron chi connectivity index (χ3n) is 3.41. The van der Waals surface area contributed by atoms with E-state index in [1.165, 1.54) is 9.58 Å². The van der Waals surface area contributed by atoms with Crippen LogP contribution in [-0.4, -0.2) is 39.1 Å². The van der Waals surface area contributed by atoms with Gasteiger partial charge in [0.15, 0.2) is 5.69 Å². The molecule has 0 radical (unpaired) electrons. The molecule has 19 heavy (non-hydrogen) atoms. The molecule has 7 nitrogen and oxygen atoms in total. The van der Waals surface area contributed by atoms with E-state index in [9.17, 15) is 9.59 Å². The fourth-order valence-electron chi connectivity index (χ4n) is 2.56. The van der Waals surface area contributed by atoms with Gasteiger partial charge in [0.1, 0.15) is 0 Å². The second kappa shape index (κ2) is 5.29. The van der Waals surface area contributed by atoms with E-state index >= 15 is 0 Å². The Morgan fingerprint density at radius 2 is 2.11 bits per heavy atom. The number of nitrogens with zero attached hydrogens (tertiary/aromatic N) is 3. The van der Waals surface area contributed by atoms with Crippen LogP contribution in [0.4, 0.5) is 5.69 Å². The van der Waals surface area contributed by atoms with Crippen LogP contribution < -0.4 is 11.5 Å². The maximum Gasteiger partial charge on any atom is 0.277 e. The van der Waals surface area contributed by atoms with Gasteiger partial charge in [0.2, 0.25) is 5.91 Å². The number of carbonyl (C=O) groups is 2. The summed E-state index contributed by atoms with van der Waals surface area (Å²) in [6.07, 6.45) is 5.48. The number of aromatic nitrogens is 2. The second-order valence-electron chi connectivity index (χ2n) is 4.94. The first kappa shape index (κ1) is 13.4. The van der Waals surface area contributed by atoms with Gasteiger partial charge in [-0.05, 0) is 12.8 Å². The lowest BCUT2D eigenvalue weighted by atomic mass is 10.2. The summed E-state index contributed by atoms with van der Waals surface area (Å²) in [5.41, 5.74) is 11.5. The van der Waals surface area contributed by atoms with Gasteiger partial charge in [-0.25, -0.2) is 0 Å². The topological polar surface area (TPSA) is 107 Å². The monoisotopic (exact) mass is 265 g/mol. The van der Waals surface area contributed by atoms with Crippen LogP contribution >= 0.6 is 0 Å². The highest BCUT2D eigenvalue weighted by Crippen LogP contribution is 2.25. The van der Waals surface area contributed by atoms with Gasteiger partial charge < -0.3 is 16.4 Å². The number of carbonyl (C=O) groups excluding carboxylic acids is 2. The van der Waals surface area contributed by atoms with Gasteiger partial charge in [0.05, 0.1) is 12.2 Å². The van der Waals surface area contributed by atoms with Gasteiger partial charge in [-0.2, -0.15) is 5.10 Å². The fraction of sp³-hybridized carbons (Fsp3) is 0.583. The van der Waals surface area contributed by atoms with Crippen molar-refractivity contribution < 1.29 is 9.59 Å². The zero-order valence-corrected chi connectivity index (χ0v) is 11.0. The molecule has 4 N–H and O–H groups in total. The van der Waals surface area contributed by atoms with Crippen LogP contribution in [-0.2, 0) is 11.8 Å². The average Bonchev–Trinajstić information content (AvgIpc) is 2.94. The maximum atomic E-state index is 12.5. The Balaban J connectivity index is 2.24. The van der Waals surface area contributed by atoms with Crippen molar-refractivity contribution >= 4 is 17.5 Å². The van der Waals surface area contributed by atoms with Crippen molar-refractivity contribution in [2.45, 2.75) is 31.7 Å². The second-order valence-corrected chi connectivity index (χ2v) is 4.94. The van der Waals surface area contributed by atoms with E-state index in [2.05, 4.69) is 5.10 Å². The van der Waals surface area contributed by atoms with Crippen LogP contribution in [0.2, 0.25) is 0 Å². The molecular formula is C12H19N5O2. The summed E-state index contributed by atoms with van der Waals surface area (Å²) < 4.78 is 1.49. The van der Waals surface area contributed by atoms with Crippen molar-refractivity contribution in [2.24, 2.45) is 12.8 Å². The van der Waals surface area contributed by atoms with Crippen molar-refractivity contribution in [3.63, 3.8) is 0 Å². The largest absolute Gasteiger partial charge is 0.396 e. The van der Waals surface area contributed by atoms with E-state index in [0.29, 0.717) is 5.69 Å². The number of nitrogen functional groups attached to an aromatic ring is 1. The molecule has 1 heterocycles. The number of nitrogens with two attached hydrogens (primary N) is 2. The molecule has 1 fully saturated rings. The lowest BCUT2D eigenvalue weighted by Gasteiger charge is -2.27. The molecule has 2 rings (SSSR count). The number of hydrogen-bond acceptors (Lipinski definition) is 4. The van der Waals surface area contributed by atoms with Crippen LogP contribution in [0.1, 0.15) is 36.2 Å². The zero-order chi connectivity index (χ0) is 14.0. The van der Waals surface area contributed by atoms with E-state index in [1.807, 2.05) is 0 Å². The van der Waals surface area contributed by atoms with Gasteiger partial charge in [-0.15, -0.1) is 0 Å². The van der Waals surface area contributed by atoms with Crippen molar-refractivity contribution in [2.75, 3.05) is 12.3 Å². The molecule has 0 bridgehead atoms. The summed E-state index contributed by atoms with van der Waals surface area (Å²) in [7, 11) is 1.70. The highest BCUT2D eigenvalue weighted by atomic mass is 16.2. The number of anilines is 1. The molecule has 0 saturated heterocycles. The Hall–Kier alpha value is -2.05. The molecule has 0 aromatic carbocycles. The molecule has 0 unspecified atom stereocenters. The molecule has 1 saturated carbocycles. The molecule has 1 aliphatic rings. The molecule has 0 atom stereocenters. The SMILES string of the molecule is Cn1cc(N)c(C(=O)N(CC(N)=O)C2CCCC2)n1. The minimum absolute atomic E-state index is 0.0569. The van der Waals surface area contributed by atoms with Gasteiger partial charge in [0.25, 0.3) is 5.91 Å². The molecule has 2 amide bonds. The summed E-state index contributed by atoms with van der Waals surface area (Å²) in [5.74, 6) is -0.835. The number of amides is 2. The van der Waals surface area contributed by atoms with Crippen LogP contribution in [0.3, 0.4) is 0 Å². The normalized spacial score (nSPS) is 15.6. The molecule has 7 heteroatoms. The fourth-order valence-corrected chi connectivity index (χ4v) is 2.56. The number of primary amides is 1. The van der Waals surface area contributed by atoms with Crippen molar-refractivity contribution in [3.05, 3.63) is 11.9 Å². The Bertz CT molecular complexity index is 490. The molecule has 0 aliphatic heterocycles. The first-order valence-corrected chi connectivity index (χ1v) is 6.37. The van der Waals surface area contributed by atoms with Crippen molar-refractivity contribution in [1.82, 2.24) is 14.7 Å². The van der Waals surface area contributed by atoms with E-state index in [0.717, 1.165) is 25.7 Å². The van der Waals surface area contributed by atoms with Gasteiger partial charge in [-0.1, -0.05) is 12.8 Å². The first-order valence-electron chi connectivity index (χ1n) is 6.37. The molecular weight excluding hydrogens is 246 g/mol. The van der Waals surface area contributed by atoms with Crippen molar-refractivity contribution in [3.8, 4) is 0 Å². The third-order valence-corrected chi connectivity index (χ3v) is 3.41. The predicted molar refractivity (Wildman–Crippen MR) is 70.1 cm³/mol. The number of rotatable bonds is 4. The number of aryl methyl sites for hydroxylation is 1. The quantitative estimate of drug-likeness (QED) is 0.790. The smallest absolute Gasteiger partial charge is 0.277 e. The summed E-state index contributed by atoms with van der Waals surface area (Å²) in [4.78, 5) is 25.1. The standard InChI is InChI=1S/C12H19N5O2/c1-16-6-9(13)11(15-16)12(19)17(7-10(14)18)8-4-2-3-5-8/h6,8H,2-5,7,13H2,1H3,(H2,14,18). The molecule has 104 valence electrons. The summed E-state index contributed by atoms with van der Waals surface area (Å²) in [6.45, 7) is -0.0838. The van der Waals surface area contributed by atoms with Gasteiger partial charge >= 0.3 is 0 Å².